The van der Waals surface area contributed by atoms with Gasteiger partial charge >= 0.3 is 0 Å². The van der Waals surface area contributed by atoms with Gasteiger partial charge in [-0.15, -0.1) is 0 Å². The third-order valence-corrected chi connectivity index (χ3v) is 5.14. The molecule has 7 nitrogen and oxygen atoms in total. The van der Waals surface area contributed by atoms with Gasteiger partial charge in [0.15, 0.2) is 0 Å². The zero-order valence-corrected chi connectivity index (χ0v) is 15.2. The quantitative estimate of drug-likeness (QED) is 0.830. The van der Waals surface area contributed by atoms with E-state index >= 15 is 0 Å². The number of amides is 2. The Morgan fingerprint density at radius 1 is 1.19 bits per heavy atom. The monoisotopic (exact) mass is 393 g/mol. The number of hydrogen-bond acceptors (Lipinski definition) is 4. The Bertz CT molecular complexity index is 991. The maximum Gasteiger partial charge on any atom is 0.257 e. The lowest BCUT2D eigenvalue weighted by Gasteiger charge is -2.20. The van der Waals surface area contributed by atoms with Crippen LogP contribution >= 0.6 is 11.6 Å². The lowest BCUT2D eigenvalue weighted by molar-refractivity contribution is -0.117. The zero-order valence-electron chi connectivity index (χ0n) is 13.6. The molecule has 9 heteroatoms. The molecule has 0 unspecified atom stereocenters. The van der Waals surface area contributed by atoms with Gasteiger partial charge in [-0.25, -0.2) is 13.6 Å². The summed E-state index contributed by atoms with van der Waals surface area (Å²) in [6, 6.07) is 10.3. The molecule has 1 aliphatic rings. The van der Waals surface area contributed by atoms with E-state index in [0.717, 1.165) is 0 Å². The molecular weight excluding hydrogens is 378 g/mol. The third-order valence-electron chi connectivity index (χ3n) is 3.99. The molecule has 136 valence electrons. The number of carbonyl (C=O) groups excluding carboxylic acids is 2. The van der Waals surface area contributed by atoms with Crippen molar-refractivity contribution in [1.29, 1.82) is 0 Å². The van der Waals surface area contributed by atoms with E-state index in [1.807, 2.05) is 0 Å². The number of benzene rings is 2. The summed E-state index contributed by atoms with van der Waals surface area (Å²) in [4.78, 5) is 26.2. The van der Waals surface area contributed by atoms with Crippen molar-refractivity contribution in [3.63, 3.8) is 0 Å². The first-order valence-corrected chi connectivity index (χ1v) is 9.72. The van der Waals surface area contributed by atoms with Gasteiger partial charge in [0.1, 0.15) is 0 Å². The van der Waals surface area contributed by atoms with Crippen LogP contribution in [-0.2, 0) is 14.8 Å². The fraction of sp³-hybridized carbons (Fsp3) is 0.176. The summed E-state index contributed by atoms with van der Waals surface area (Å²) < 4.78 is 22.9. The van der Waals surface area contributed by atoms with Crippen molar-refractivity contribution >= 4 is 44.8 Å². The first kappa shape index (κ1) is 18.4. The molecule has 0 bridgehead atoms. The number of nitrogens with two attached hydrogens (primary N) is 1. The van der Waals surface area contributed by atoms with Crippen molar-refractivity contribution in [3.8, 4) is 0 Å². The van der Waals surface area contributed by atoms with Crippen molar-refractivity contribution in [2.24, 2.45) is 5.14 Å². The zero-order chi connectivity index (χ0) is 18.9. The van der Waals surface area contributed by atoms with E-state index in [1.165, 1.54) is 29.2 Å². The summed E-state index contributed by atoms with van der Waals surface area (Å²) in [5, 5.41) is 8.15. The molecule has 0 aromatic heterocycles. The highest BCUT2D eigenvalue weighted by Gasteiger charge is 2.26. The number of sulfonamides is 1. The van der Waals surface area contributed by atoms with Crippen LogP contribution in [0.25, 0.3) is 0 Å². The highest BCUT2D eigenvalue weighted by molar-refractivity contribution is 7.89. The number of anilines is 2. The van der Waals surface area contributed by atoms with Crippen LogP contribution in [0.15, 0.2) is 47.4 Å². The van der Waals surface area contributed by atoms with Gasteiger partial charge in [-0.1, -0.05) is 17.7 Å². The van der Waals surface area contributed by atoms with E-state index in [9.17, 15) is 18.0 Å². The predicted octanol–water partition coefficient (Wildman–Crippen LogP) is 2.37. The number of hydrogen-bond donors (Lipinski definition) is 2. The predicted molar refractivity (Wildman–Crippen MR) is 98.8 cm³/mol. The summed E-state index contributed by atoms with van der Waals surface area (Å²) in [5.41, 5.74) is 0.973. The fourth-order valence-corrected chi connectivity index (χ4v) is 3.50. The van der Waals surface area contributed by atoms with Crippen molar-refractivity contribution in [2.75, 3.05) is 16.8 Å². The standard InChI is InChI=1S/C17H16ClN3O4S/c18-11-6-7-14(15(9-11)21-8-2-5-16(21)22)17(23)20-12-3-1-4-13(10-12)26(19,24)25/h1,3-4,6-7,9-10H,2,5,8H2,(H,20,23)(H2,19,24,25). The summed E-state index contributed by atoms with van der Waals surface area (Å²) in [7, 11) is -3.88. The van der Waals surface area contributed by atoms with Gasteiger partial charge in [0.2, 0.25) is 15.9 Å². The molecule has 0 radical (unpaired) electrons. The van der Waals surface area contributed by atoms with Crippen molar-refractivity contribution in [2.45, 2.75) is 17.7 Å². The van der Waals surface area contributed by atoms with Crippen molar-refractivity contribution in [1.82, 2.24) is 0 Å². The largest absolute Gasteiger partial charge is 0.322 e. The molecule has 1 saturated heterocycles. The van der Waals surface area contributed by atoms with Crippen LogP contribution < -0.4 is 15.4 Å². The average molecular weight is 394 g/mol. The molecule has 1 fully saturated rings. The second-order valence-electron chi connectivity index (χ2n) is 5.84. The molecule has 0 aliphatic carbocycles. The smallest absolute Gasteiger partial charge is 0.257 e. The van der Waals surface area contributed by atoms with Gasteiger partial charge in [-0.3, -0.25) is 9.59 Å². The first-order chi connectivity index (χ1) is 12.3. The minimum absolute atomic E-state index is 0.0717. The molecule has 0 spiro atoms. The molecule has 0 saturated carbocycles. The molecule has 3 N–H and O–H groups in total. The molecule has 2 aromatic carbocycles. The summed E-state index contributed by atoms with van der Waals surface area (Å²) in [6.07, 6.45) is 1.13. The second kappa shape index (κ2) is 7.06. The molecule has 3 rings (SSSR count). The number of nitrogens with one attached hydrogen (secondary N) is 1. The summed E-state index contributed by atoms with van der Waals surface area (Å²) in [5.74, 6) is -0.555. The number of carbonyl (C=O) groups is 2. The highest BCUT2D eigenvalue weighted by Crippen LogP contribution is 2.29. The number of halogens is 1. The van der Waals surface area contributed by atoms with E-state index in [4.69, 9.17) is 16.7 Å². The molecule has 1 heterocycles. The Hall–Kier alpha value is -2.42. The molecule has 26 heavy (non-hydrogen) atoms. The summed E-state index contributed by atoms with van der Waals surface area (Å²) in [6.45, 7) is 0.514. The topological polar surface area (TPSA) is 110 Å². The minimum atomic E-state index is -3.88. The van der Waals surface area contributed by atoms with Gasteiger partial charge in [0, 0.05) is 23.7 Å². The van der Waals surface area contributed by atoms with Crippen LogP contribution in [0.3, 0.4) is 0 Å². The lowest BCUT2D eigenvalue weighted by Crippen LogP contribution is -2.27. The van der Waals surface area contributed by atoms with Crippen LogP contribution in [0.2, 0.25) is 5.02 Å². The lowest BCUT2D eigenvalue weighted by atomic mass is 10.1. The molecule has 1 aliphatic heterocycles. The number of primary sulfonamides is 1. The Kier molecular flexibility index (Phi) is 4.99. The maximum absolute atomic E-state index is 12.7. The maximum atomic E-state index is 12.7. The first-order valence-electron chi connectivity index (χ1n) is 7.80. The molecule has 2 amide bonds. The highest BCUT2D eigenvalue weighted by atomic mass is 35.5. The van der Waals surface area contributed by atoms with Gasteiger partial charge in [-0.2, -0.15) is 0 Å². The second-order valence-corrected chi connectivity index (χ2v) is 7.84. The van der Waals surface area contributed by atoms with E-state index in [-0.39, 0.29) is 22.1 Å². The van der Waals surface area contributed by atoms with Crippen molar-refractivity contribution < 1.29 is 18.0 Å². The molecular formula is C17H16ClN3O4S. The fourth-order valence-electron chi connectivity index (χ4n) is 2.77. The van der Waals surface area contributed by atoms with Crippen LogP contribution in [0, 0.1) is 0 Å². The molecule has 2 aromatic rings. The van der Waals surface area contributed by atoms with Crippen LogP contribution in [-0.4, -0.2) is 26.8 Å². The Balaban J connectivity index is 1.93. The number of rotatable bonds is 4. The van der Waals surface area contributed by atoms with Crippen LogP contribution in [0.1, 0.15) is 23.2 Å². The summed E-state index contributed by atoms with van der Waals surface area (Å²) >= 11 is 6.03. The van der Waals surface area contributed by atoms with E-state index < -0.39 is 15.9 Å². The van der Waals surface area contributed by atoms with Gasteiger partial charge < -0.3 is 10.2 Å². The van der Waals surface area contributed by atoms with E-state index in [2.05, 4.69) is 5.32 Å². The van der Waals surface area contributed by atoms with Crippen LogP contribution in [0.4, 0.5) is 11.4 Å². The van der Waals surface area contributed by atoms with Gasteiger partial charge in [0.25, 0.3) is 5.91 Å². The SMILES string of the molecule is NS(=O)(=O)c1cccc(NC(=O)c2ccc(Cl)cc2N2CCCC2=O)c1. The van der Waals surface area contributed by atoms with Gasteiger partial charge in [-0.05, 0) is 42.8 Å². The normalized spacial score (nSPS) is 14.5. The third kappa shape index (κ3) is 3.87. The van der Waals surface area contributed by atoms with Crippen LogP contribution in [0.5, 0.6) is 0 Å². The average Bonchev–Trinajstić information content (AvgIpc) is 3.00. The Labute approximate surface area is 155 Å². The Morgan fingerprint density at radius 2 is 1.96 bits per heavy atom. The van der Waals surface area contributed by atoms with E-state index in [0.29, 0.717) is 30.1 Å². The van der Waals surface area contributed by atoms with E-state index in [1.54, 1.807) is 18.2 Å². The Morgan fingerprint density at radius 3 is 2.62 bits per heavy atom. The minimum Gasteiger partial charge on any atom is -0.322 e. The number of nitrogens with zero attached hydrogens (tertiary/aromatic N) is 1. The van der Waals surface area contributed by atoms with Crippen molar-refractivity contribution in [3.05, 3.63) is 53.1 Å². The van der Waals surface area contributed by atoms with Gasteiger partial charge in [0.05, 0.1) is 16.1 Å². The molecule has 0 atom stereocenters.